The van der Waals surface area contributed by atoms with Crippen molar-refractivity contribution in [1.29, 1.82) is 0 Å². The summed E-state index contributed by atoms with van der Waals surface area (Å²) in [7, 11) is 0. The lowest BCUT2D eigenvalue weighted by Crippen LogP contribution is -2.38. The number of ketones is 1. The quantitative estimate of drug-likeness (QED) is 0.666. The third-order valence-corrected chi connectivity index (χ3v) is 5.21. The summed E-state index contributed by atoms with van der Waals surface area (Å²) in [6, 6.07) is 15.0. The van der Waals surface area contributed by atoms with Crippen molar-refractivity contribution >= 4 is 40.5 Å². The number of fused-ring (bicyclic) bond motifs is 1. The number of carbonyl (C=O) groups is 1. The van der Waals surface area contributed by atoms with Crippen LogP contribution in [-0.2, 0) is 4.79 Å². The largest absolute Gasteiger partial charge is 0.423 e. The fraction of sp³-hybridized carbons (Fsp3) is 0.190. The summed E-state index contributed by atoms with van der Waals surface area (Å²) in [5.41, 5.74) is 4.03. The zero-order chi connectivity index (χ0) is 19.1. The number of anilines is 1. The Hall–Kier alpha value is -3.12. The van der Waals surface area contributed by atoms with Crippen molar-refractivity contribution in [2.75, 3.05) is 5.32 Å². The van der Waals surface area contributed by atoms with Gasteiger partial charge in [0, 0.05) is 22.7 Å². The third-order valence-electron chi connectivity index (χ3n) is 4.96. The molecule has 1 atom stereocenters. The van der Waals surface area contributed by atoms with Crippen molar-refractivity contribution in [1.82, 2.24) is 10.3 Å². The Bertz CT molecular complexity index is 1100. The minimum Gasteiger partial charge on any atom is -0.423 e. The number of benzene rings is 2. The van der Waals surface area contributed by atoms with Crippen molar-refractivity contribution < 1.29 is 9.21 Å². The van der Waals surface area contributed by atoms with Crippen molar-refractivity contribution in [2.45, 2.75) is 25.3 Å². The van der Waals surface area contributed by atoms with Gasteiger partial charge in [0.2, 0.25) is 5.96 Å². The lowest BCUT2D eigenvalue weighted by molar-refractivity contribution is -0.116. The number of Topliss-reactive ketones (excluding diaryl/α,β-unsaturated/α-hetero) is 1. The summed E-state index contributed by atoms with van der Waals surface area (Å²) in [5.74, 6) is 0.651. The smallest absolute Gasteiger partial charge is 0.302 e. The monoisotopic (exact) mass is 392 g/mol. The van der Waals surface area contributed by atoms with Gasteiger partial charge in [0.25, 0.3) is 0 Å². The van der Waals surface area contributed by atoms with E-state index in [-0.39, 0.29) is 11.8 Å². The van der Waals surface area contributed by atoms with Gasteiger partial charge in [-0.15, -0.1) is 0 Å². The lowest BCUT2D eigenvalue weighted by Gasteiger charge is -2.30. The molecule has 1 aromatic heterocycles. The van der Waals surface area contributed by atoms with Gasteiger partial charge in [-0.2, -0.15) is 4.98 Å². The zero-order valence-electron chi connectivity index (χ0n) is 14.9. The minimum absolute atomic E-state index is 0.137. The number of para-hydroxylation sites is 2. The molecule has 1 aliphatic heterocycles. The van der Waals surface area contributed by atoms with E-state index in [1.54, 1.807) is 0 Å². The second-order valence-electron chi connectivity index (χ2n) is 6.84. The molecule has 140 valence electrons. The number of oxazole rings is 1. The molecular formula is C21H17ClN4O2. The molecule has 2 heterocycles. The molecule has 0 saturated carbocycles. The molecule has 6 nitrogen and oxygen atoms in total. The van der Waals surface area contributed by atoms with Crippen LogP contribution in [0.3, 0.4) is 0 Å². The van der Waals surface area contributed by atoms with Gasteiger partial charge >= 0.3 is 6.01 Å². The predicted molar refractivity (Wildman–Crippen MR) is 108 cm³/mol. The lowest BCUT2D eigenvalue weighted by atomic mass is 9.86. The molecule has 2 aliphatic rings. The highest BCUT2D eigenvalue weighted by molar-refractivity contribution is 6.30. The fourth-order valence-corrected chi connectivity index (χ4v) is 3.78. The summed E-state index contributed by atoms with van der Waals surface area (Å²) in [6.07, 6.45) is 2.18. The number of aromatic nitrogens is 1. The Balaban J connectivity index is 1.52. The van der Waals surface area contributed by atoms with E-state index in [0.717, 1.165) is 35.2 Å². The molecule has 5 rings (SSSR count). The molecule has 0 fully saturated rings. The Kier molecular flexibility index (Phi) is 4.13. The van der Waals surface area contributed by atoms with E-state index >= 15 is 0 Å². The SMILES string of the molecule is O=C1CCCC2=C1[C@@H](c1ccc(Cl)cc1)N=C(Nc1nc3ccccc3o1)N2. The number of allylic oxidation sites excluding steroid dienone is 1. The van der Waals surface area contributed by atoms with Gasteiger partial charge in [-0.1, -0.05) is 35.9 Å². The molecule has 3 aromatic rings. The van der Waals surface area contributed by atoms with E-state index in [9.17, 15) is 4.79 Å². The molecule has 28 heavy (non-hydrogen) atoms. The Morgan fingerprint density at radius 3 is 2.75 bits per heavy atom. The topological polar surface area (TPSA) is 79.5 Å². The first-order chi connectivity index (χ1) is 13.7. The molecule has 2 N–H and O–H groups in total. The first kappa shape index (κ1) is 17.0. The Morgan fingerprint density at radius 1 is 1.11 bits per heavy atom. The first-order valence-electron chi connectivity index (χ1n) is 9.16. The normalized spacial score (nSPS) is 19.2. The van der Waals surface area contributed by atoms with Crippen LogP contribution in [0.25, 0.3) is 11.1 Å². The molecule has 7 heteroatoms. The number of hydrogen-bond donors (Lipinski definition) is 2. The number of nitrogens with zero attached hydrogens (tertiary/aromatic N) is 2. The van der Waals surface area contributed by atoms with Crippen LogP contribution in [0.1, 0.15) is 30.9 Å². The molecule has 2 aromatic carbocycles. The summed E-state index contributed by atoms with van der Waals surface area (Å²) >= 11 is 6.03. The minimum atomic E-state index is -0.381. The van der Waals surface area contributed by atoms with Crippen LogP contribution in [0.4, 0.5) is 6.01 Å². The van der Waals surface area contributed by atoms with Crippen LogP contribution >= 0.6 is 11.6 Å². The zero-order valence-corrected chi connectivity index (χ0v) is 15.7. The maximum absolute atomic E-state index is 12.6. The summed E-state index contributed by atoms with van der Waals surface area (Å²) < 4.78 is 5.74. The van der Waals surface area contributed by atoms with Crippen molar-refractivity contribution in [3.63, 3.8) is 0 Å². The van der Waals surface area contributed by atoms with Gasteiger partial charge in [0.05, 0.1) is 0 Å². The molecule has 0 saturated heterocycles. The maximum Gasteiger partial charge on any atom is 0.302 e. The van der Waals surface area contributed by atoms with E-state index in [1.165, 1.54) is 0 Å². The summed E-state index contributed by atoms with van der Waals surface area (Å²) in [4.78, 5) is 21.8. The molecule has 0 radical (unpaired) electrons. The highest BCUT2D eigenvalue weighted by atomic mass is 35.5. The van der Waals surface area contributed by atoms with Gasteiger partial charge in [-0.25, -0.2) is 4.99 Å². The standard InChI is InChI=1S/C21H17ClN4O2/c22-13-10-8-12(9-11-13)19-18-15(5-3-6-16(18)27)23-20(25-19)26-21-24-14-4-1-2-7-17(14)28-21/h1-2,4,7-11,19H,3,5-6H2,(H2,23,24,25,26)/t19-/m1/s1. The number of nitrogens with one attached hydrogen (secondary N) is 2. The van der Waals surface area contributed by atoms with Crippen LogP contribution < -0.4 is 10.6 Å². The average Bonchev–Trinajstić information content (AvgIpc) is 3.10. The fourth-order valence-electron chi connectivity index (χ4n) is 3.66. The van der Waals surface area contributed by atoms with Gasteiger partial charge in [-0.3, -0.25) is 10.1 Å². The number of hydrogen-bond acceptors (Lipinski definition) is 6. The van der Waals surface area contributed by atoms with Gasteiger partial charge in [0.15, 0.2) is 11.4 Å². The van der Waals surface area contributed by atoms with Crippen molar-refractivity contribution in [2.24, 2.45) is 4.99 Å². The van der Waals surface area contributed by atoms with Gasteiger partial charge in [-0.05, 0) is 42.7 Å². The third kappa shape index (κ3) is 3.05. The molecule has 0 spiro atoms. The van der Waals surface area contributed by atoms with Crippen molar-refractivity contribution in [3.8, 4) is 0 Å². The van der Waals surface area contributed by atoms with Crippen LogP contribution in [0.15, 0.2) is 69.2 Å². The van der Waals surface area contributed by atoms with Gasteiger partial charge in [0.1, 0.15) is 11.6 Å². The predicted octanol–water partition coefficient (Wildman–Crippen LogP) is 4.60. The number of aliphatic imine (C=N–C) groups is 1. The molecule has 0 unspecified atom stereocenters. The number of rotatable bonds is 2. The maximum atomic E-state index is 12.6. The van der Waals surface area contributed by atoms with Crippen LogP contribution in [0, 0.1) is 0 Å². The van der Waals surface area contributed by atoms with Crippen molar-refractivity contribution in [3.05, 3.63) is 70.4 Å². The van der Waals surface area contributed by atoms with E-state index in [4.69, 9.17) is 21.0 Å². The number of carbonyl (C=O) groups excluding carboxylic acids is 1. The van der Waals surface area contributed by atoms with E-state index in [0.29, 0.717) is 29.0 Å². The van der Waals surface area contributed by atoms with Crippen LogP contribution in [-0.4, -0.2) is 16.7 Å². The number of guanidine groups is 1. The number of halogens is 1. The Morgan fingerprint density at radius 2 is 1.93 bits per heavy atom. The van der Waals surface area contributed by atoms with E-state index in [1.807, 2.05) is 48.5 Å². The Labute approximate surface area is 166 Å². The van der Waals surface area contributed by atoms with E-state index in [2.05, 4.69) is 15.6 Å². The molecule has 1 aliphatic carbocycles. The first-order valence-corrected chi connectivity index (χ1v) is 9.54. The second-order valence-corrected chi connectivity index (χ2v) is 7.27. The average molecular weight is 393 g/mol. The van der Waals surface area contributed by atoms with Gasteiger partial charge < -0.3 is 9.73 Å². The van der Waals surface area contributed by atoms with Crippen LogP contribution in [0.2, 0.25) is 5.02 Å². The second kappa shape index (κ2) is 6.80. The molecule has 0 bridgehead atoms. The molecule has 0 amide bonds. The highest BCUT2D eigenvalue weighted by Gasteiger charge is 2.33. The van der Waals surface area contributed by atoms with Crippen LogP contribution in [0.5, 0.6) is 0 Å². The molecular weight excluding hydrogens is 376 g/mol. The van der Waals surface area contributed by atoms with E-state index < -0.39 is 0 Å². The highest BCUT2D eigenvalue weighted by Crippen LogP contribution is 2.36. The summed E-state index contributed by atoms with van der Waals surface area (Å²) in [6.45, 7) is 0. The summed E-state index contributed by atoms with van der Waals surface area (Å²) in [5, 5.41) is 7.03.